The number of benzene rings is 3. The van der Waals surface area contributed by atoms with E-state index in [0.29, 0.717) is 56.2 Å². The standard InChI is InChI=1S/C66H93N9O15S/c1-15-41(6)59(73(12)65(83)57(39(2)3)69-64(82)58(40(4)5)72(10)11)51(88-13)38-56(79)74-36-22-25-50(74)60(89-14)42(7)62(80)67-44(9)61(46-23-18-16-19-24-46)90-66(84)47-29-27-45(28-30-47)43(8)70-71-63(81)49-32-31-48(37-52(49)91(85,86)87)68-53(76)26-20-17-21-35-75-54(77)33-34-55(75)78/h16,18-19,23-24,27-34,37,39-42,44,50-51,57-61H,15,17,20-22,25-26,35-36,38H2,1-14H3,(H,67,80)(H,68,76)(H,69,82)(H,71,81)(H,85,86,87)/t41?,42?,44?,50-,51?,57?,58?,59?,60?,61?/m0/s1. The van der Waals surface area contributed by atoms with E-state index in [-0.39, 0.29) is 71.8 Å². The summed E-state index contributed by atoms with van der Waals surface area (Å²) < 4.78 is 53.3. The molecule has 0 aliphatic carbocycles. The summed E-state index contributed by atoms with van der Waals surface area (Å²) in [5, 5.41) is 12.7. The zero-order valence-electron chi connectivity index (χ0n) is 54.9. The molecular formula is C66H93N9O15S. The van der Waals surface area contributed by atoms with Crippen molar-refractivity contribution in [2.24, 2.45) is 28.8 Å². The van der Waals surface area contributed by atoms with Crippen molar-refractivity contribution in [2.45, 2.75) is 167 Å². The van der Waals surface area contributed by atoms with Gasteiger partial charge in [-0.15, -0.1) is 0 Å². The van der Waals surface area contributed by atoms with Gasteiger partial charge in [-0.2, -0.15) is 13.5 Å². The molecule has 0 radical (unpaired) electrons. The monoisotopic (exact) mass is 1280 g/mol. The van der Waals surface area contributed by atoms with Crippen LogP contribution in [0.2, 0.25) is 0 Å². The fourth-order valence-electron chi connectivity index (χ4n) is 11.8. The van der Waals surface area contributed by atoms with Gasteiger partial charge in [0.15, 0.2) is 0 Å². The fraction of sp³-hybridized carbons (Fsp3) is 0.545. The average molecular weight is 1280 g/mol. The molecule has 2 heterocycles. The second kappa shape index (κ2) is 34.1. The van der Waals surface area contributed by atoms with Gasteiger partial charge >= 0.3 is 5.97 Å². The highest BCUT2D eigenvalue weighted by Crippen LogP contribution is 2.31. The number of amides is 8. The first-order valence-corrected chi connectivity index (χ1v) is 32.4. The molecular weight excluding hydrogens is 1190 g/mol. The second-order valence-corrected chi connectivity index (χ2v) is 25.8. The third-order valence-corrected chi connectivity index (χ3v) is 17.9. The van der Waals surface area contributed by atoms with Crippen molar-refractivity contribution in [1.82, 2.24) is 35.7 Å². The molecule has 498 valence electrons. The molecule has 3 aromatic rings. The van der Waals surface area contributed by atoms with Crippen molar-refractivity contribution in [3.05, 3.63) is 107 Å². The van der Waals surface area contributed by atoms with Crippen LogP contribution >= 0.6 is 0 Å². The van der Waals surface area contributed by atoms with E-state index in [1.54, 1.807) is 80.1 Å². The third-order valence-electron chi connectivity index (χ3n) is 17.0. The highest BCUT2D eigenvalue weighted by molar-refractivity contribution is 7.86. The minimum Gasteiger partial charge on any atom is -0.452 e. The molecule has 8 amide bonds. The lowest BCUT2D eigenvalue weighted by Crippen LogP contribution is -2.59. The van der Waals surface area contributed by atoms with E-state index >= 15 is 0 Å². The minimum absolute atomic E-state index is 0.00283. The van der Waals surface area contributed by atoms with Crippen LogP contribution in [-0.2, 0) is 57.9 Å². The molecule has 9 unspecified atom stereocenters. The molecule has 24 nitrogen and oxygen atoms in total. The number of carbonyl (C=O) groups is 9. The van der Waals surface area contributed by atoms with Gasteiger partial charge in [-0.05, 0) is 113 Å². The Morgan fingerprint density at radius 1 is 0.791 bits per heavy atom. The van der Waals surface area contributed by atoms with Crippen molar-refractivity contribution in [1.29, 1.82) is 0 Å². The summed E-state index contributed by atoms with van der Waals surface area (Å²) >= 11 is 0. The number of hydrogen-bond donors (Lipinski definition) is 5. The highest BCUT2D eigenvalue weighted by Gasteiger charge is 2.44. The van der Waals surface area contributed by atoms with Crippen LogP contribution in [0.5, 0.6) is 0 Å². The van der Waals surface area contributed by atoms with E-state index in [1.807, 2.05) is 60.5 Å². The molecule has 0 bridgehead atoms. The summed E-state index contributed by atoms with van der Waals surface area (Å²) in [6.07, 6.45) is 3.20. The van der Waals surface area contributed by atoms with E-state index in [9.17, 15) is 56.1 Å². The molecule has 1 saturated heterocycles. The molecule has 25 heteroatoms. The van der Waals surface area contributed by atoms with Gasteiger partial charge in [0, 0.05) is 58.6 Å². The third kappa shape index (κ3) is 19.9. The number of rotatable bonds is 33. The number of unbranched alkanes of at least 4 members (excludes halogenated alkanes) is 2. The van der Waals surface area contributed by atoms with E-state index in [2.05, 4.69) is 26.5 Å². The largest absolute Gasteiger partial charge is 0.452 e. The van der Waals surface area contributed by atoms with Gasteiger partial charge in [0.05, 0.1) is 65.6 Å². The number of ether oxygens (including phenoxy) is 3. The number of methoxy groups -OCH3 is 2. The van der Waals surface area contributed by atoms with E-state index < -0.39 is 111 Å². The van der Waals surface area contributed by atoms with Crippen LogP contribution in [0.25, 0.3) is 0 Å². The van der Waals surface area contributed by atoms with Gasteiger partial charge in [0.2, 0.25) is 29.5 Å². The summed E-state index contributed by atoms with van der Waals surface area (Å²) in [5.74, 6) is -5.28. The molecule has 5 rings (SSSR count). The van der Waals surface area contributed by atoms with Gasteiger partial charge in [0.25, 0.3) is 27.8 Å². The van der Waals surface area contributed by atoms with Crippen molar-refractivity contribution in [3.8, 4) is 0 Å². The number of anilines is 1. The van der Waals surface area contributed by atoms with Crippen molar-refractivity contribution in [2.75, 3.05) is 53.8 Å². The van der Waals surface area contributed by atoms with Crippen LogP contribution in [0.15, 0.2) is 94.9 Å². The van der Waals surface area contributed by atoms with Gasteiger partial charge < -0.3 is 40.0 Å². The van der Waals surface area contributed by atoms with E-state index in [1.165, 1.54) is 44.6 Å². The number of likely N-dealkylation sites (tertiary alicyclic amines) is 1. The molecule has 0 saturated carbocycles. The Kier molecular flexibility index (Phi) is 27.7. The van der Waals surface area contributed by atoms with Crippen LogP contribution in [0.4, 0.5) is 5.69 Å². The van der Waals surface area contributed by atoms with Crippen molar-refractivity contribution < 1.29 is 70.3 Å². The maximum Gasteiger partial charge on any atom is 0.338 e. The predicted octanol–water partition coefficient (Wildman–Crippen LogP) is 6.56. The minimum atomic E-state index is -4.98. The normalized spacial score (nSPS) is 17.4. The lowest BCUT2D eigenvalue weighted by molar-refractivity contribution is -0.148. The van der Waals surface area contributed by atoms with Crippen molar-refractivity contribution >= 4 is 74.7 Å². The van der Waals surface area contributed by atoms with Crippen LogP contribution in [-0.4, -0.2) is 182 Å². The number of nitrogens with one attached hydrogen (secondary N) is 4. The molecule has 1 fully saturated rings. The average Bonchev–Trinajstić information content (AvgIpc) is 2.53. The number of esters is 1. The summed E-state index contributed by atoms with van der Waals surface area (Å²) in [6.45, 7) is 17.3. The Bertz CT molecular complexity index is 3200. The second-order valence-electron chi connectivity index (χ2n) is 24.4. The topological polar surface area (TPSA) is 309 Å². The molecule has 5 N–H and O–H groups in total. The Hall–Kier alpha value is -7.71. The van der Waals surface area contributed by atoms with Gasteiger partial charge in [0.1, 0.15) is 17.0 Å². The molecule has 0 spiro atoms. The number of carbonyl (C=O) groups excluding carboxylic acids is 9. The zero-order valence-corrected chi connectivity index (χ0v) is 55.7. The summed E-state index contributed by atoms with van der Waals surface area (Å²) in [6, 6.07) is 15.2. The van der Waals surface area contributed by atoms with Gasteiger partial charge in [-0.3, -0.25) is 52.7 Å². The lowest BCUT2D eigenvalue weighted by atomic mass is 9.89. The SMILES string of the molecule is CCC(C)C(C(CC(=O)N1CCC[C@H]1C(OC)C(C)C(=O)NC(C)C(OC(=O)c1ccc(C(C)=NNC(=O)c2ccc(NC(=O)CCCCCN3C(=O)C=CC3=O)cc2S(=O)(=O)O)cc1)c1ccccc1)OC)N(C)C(=O)C(NC(=O)C(C(C)C)N(C)C)C(C)C. The van der Waals surface area contributed by atoms with Gasteiger partial charge in [-0.1, -0.05) is 104 Å². The summed E-state index contributed by atoms with van der Waals surface area (Å²) in [5.41, 5.74) is 3.26. The lowest BCUT2D eigenvalue weighted by Gasteiger charge is -2.41. The Labute approximate surface area is 535 Å². The first-order chi connectivity index (χ1) is 42.9. The molecule has 0 aromatic heterocycles. The maximum absolute atomic E-state index is 14.6. The summed E-state index contributed by atoms with van der Waals surface area (Å²) in [4.78, 5) is 126. The Balaban J connectivity index is 1.22. The first-order valence-electron chi connectivity index (χ1n) is 31.0. The molecule has 10 atom stereocenters. The van der Waals surface area contributed by atoms with Crippen LogP contribution < -0.4 is 21.4 Å². The first kappa shape index (κ1) is 74.0. The quantitative estimate of drug-likeness (QED) is 0.0108. The van der Waals surface area contributed by atoms with E-state index in [0.717, 1.165) is 17.0 Å². The molecule has 91 heavy (non-hydrogen) atoms. The number of likely N-dealkylation sites (N-methyl/N-ethyl adjacent to an activating group) is 2. The maximum atomic E-state index is 14.6. The van der Waals surface area contributed by atoms with Crippen LogP contribution in [0.3, 0.4) is 0 Å². The highest BCUT2D eigenvalue weighted by atomic mass is 32.2. The molecule has 2 aliphatic heterocycles. The number of nitrogens with zero attached hydrogens (tertiary/aromatic N) is 5. The fourth-order valence-corrected chi connectivity index (χ4v) is 12.6. The molecule has 3 aromatic carbocycles. The number of imide groups is 1. The van der Waals surface area contributed by atoms with E-state index in [4.69, 9.17) is 14.2 Å². The van der Waals surface area contributed by atoms with Crippen LogP contribution in [0, 0.1) is 23.7 Å². The van der Waals surface area contributed by atoms with Gasteiger partial charge in [-0.25, -0.2) is 10.2 Å². The smallest absolute Gasteiger partial charge is 0.338 e. The predicted molar refractivity (Wildman–Crippen MR) is 343 cm³/mol. The number of hydrazone groups is 1. The zero-order chi connectivity index (χ0) is 67.6. The molecule has 2 aliphatic rings. The van der Waals surface area contributed by atoms with Crippen LogP contribution in [0.1, 0.15) is 152 Å². The Morgan fingerprint density at radius 2 is 1.43 bits per heavy atom. The summed E-state index contributed by atoms with van der Waals surface area (Å²) in [7, 11) is 3.40. The Morgan fingerprint density at radius 3 is 2.00 bits per heavy atom. The number of hydrogen-bond acceptors (Lipinski definition) is 16. The van der Waals surface area contributed by atoms with Crippen molar-refractivity contribution in [3.63, 3.8) is 0 Å².